The van der Waals surface area contributed by atoms with Crippen molar-refractivity contribution in [2.45, 2.75) is 24.5 Å². The minimum atomic E-state index is 0.794. The number of hydrogen-bond donors (Lipinski definition) is 0. The summed E-state index contributed by atoms with van der Waals surface area (Å²) < 4.78 is 10.8. The third kappa shape index (κ3) is 3.07. The van der Waals surface area contributed by atoms with Gasteiger partial charge in [0, 0.05) is 28.0 Å². The molecule has 2 rings (SSSR count). The number of para-hydroxylation sites is 1. The molecule has 0 radical (unpaired) electrons. The van der Waals surface area contributed by atoms with Gasteiger partial charge in [-0.15, -0.1) is 11.8 Å². The molecule has 3 nitrogen and oxygen atoms in total. The quantitative estimate of drug-likeness (QED) is 0.778. The van der Waals surface area contributed by atoms with Gasteiger partial charge in [-0.3, -0.25) is 4.98 Å². The highest BCUT2D eigenvalue weighted by Gasteiger charge is 2.11. The van der Waals surface area contributed by atoms with Crippen molar-refractivity contribution in [2.75, 3.05) is 14.2 Å². The van der Waals surface area contributed by atoms with Crippen molar-refractivity contribution in [3.63, 3.8) is 0 Å². The van der Waals surface area contributed by atoms with Crippen LogP contribution in [0.3, 0.4) is 0 Å². The molecule has 1 aromatic carbocycles. The molecule has 20 heavy (non-hydrogen) atoms. The monoisotopic (exact) mass is 289 g/mol. The molecule has 0 atom stereocenters. The van der Waals surface area contributed by atoms with E-state index in [2.05, 4.69) is 18.0 Å². The topological polar surface area (TPSA) is 31.4 Å². The number of nitrogens with zero attached hydrogens (tertiary/aromatic N) is 1. The van der Waals surface area contributed by atoms with E-state index < -0.39 is 0 Å². The fourth-order valence-electron chi connectivity index (χ4n) is 2.10. The Morgan fingerprint density at radius 3 is 2.55 bits per heavy atom. The van der Waals surface area contributed by atoms with Crippen LogP contribution >= 0.6 is 11.8 Å². The largest absolute Gasteiger partial charge is 0.496 e. The van der Waals surface area contributed by atoms with E-state index in [0.29, 0.717) is 0 Å². The highest BCUT2D eigenvalue weighted by atomic mass is 32.2. The minimum Gasteiger partial charge on any atom is -0.496 e. The molecule has 0 saturated heterocycles. The van der Waals surface area contributed by atoms with Crippen LogP contribution in [0.4, 0.5) is 0 Å². The first kappa shape index (κ1) is 14.7. The van der Waals surface area contributed by atoms with Crippen LogP contribution in [-0.2, 0) is 5.75 Å². The lowest BCUT2D eigenvalue weighted by molar-refractivity contribution is 0.405. The van der Waals surface area contributed by atoms with Gasteiger partial charge in [-0.1, -0.05) is 12.1 Å². The van der Waals surface area contributed by atoms with E-state index in [0.717, 1.165) is 39.0 Å². The van der Waals surface area contributed by atoms with Gasteiger partial charge < -0.3 is 9.47 Å². The van der Waals surface area contributed by atoms with Crippen LogP contribution < -0.4 is 9.47 Å². The van der Waals surface area contributed by atoms with E-state index in [9.17, 15) is 0 Å². The summed E-state index contributed by atoms with van der Waals surface area (Å²) in [7, 11) is 3.39. The number of methoxy groups -OCH3 is 2. The summed E-state index contributed by atoms with van der Waals surface area (Å²) in [4.78, 5) is 5.64. The Kier molecular flexibility index (Phi) is 4.90. The lowest BCUT2D eigenvalue weighted by Gasteiger charge is -2.12. The lowest BCUT2D eigenvalue weighted by Crippen LogP contribution is -1.98. The molecule has 0 aliphatic carbocycles. The van der Waals surface area contributed by atoms with Gasteiger partial charge >= 0.3 is 0 Å². The number of hydrogen-bond acceptors (Lipinski definition) is 4. The summed E-state index contributed by atoms with van der Waals surface area (Å²) in [5.41, 5.74) is 3.22. The number of benzene rings is 1. The Labute approximate surface area is 124 Å². The molecule has 106 valence electrons. The Morgan fingerprint density at radius 2 is 1.85 bits per heavy atom. The number of ether oxygens (including phenoxy) is 2. The van der Waals surface area contributed by atoms with Gasteiger partial charge in [0.1, 0.15) is 11.5 Å². The van der Waals surface area contributed by atoms with Crippen molar-refractivity contribution in [3.8, 4) is 11.5 Å². The van der Waals surface area contributed by atoms with E-state index in [4.69, 9.17) is 9.47 Å². The van der Waals surface area contributed by atoms with E-state index in [1.807, 2.05) is 31.3 Å². The molecule has 2 aromatic rings. The van der Waals surface area contributed by atoms with Crippen LogP contribution in [-0.4, -0.2) is 19.2 Å². The first-order chi connectivity index (χ1) is 9.67. The zero-order chi connectivity index (χ0) is 14.5. The van der Waals surface area contributed by atoms with Gasteiger partial charge in [0.05, 0.1) is 19.9 Å². The lowest BCUT2D eigenvalue weighted by atomic mass is 10.1. The Morgan fingerprint density at radius 1 is 1.10 bits per heavy atom. The van der Waals surface area contributed by atoms with Crippen molar-refractivity contribution in [1.29, 1.82) is 0 Å². The molecule has 0 saturated carbocycles. The second kappa shape index (κ2) is 6.66. The highest BCUT2D eigenvalue weighted by molar-refractivity contribution is 7.98. The average Bonchev–Trinajstić information content (AvgIpc) is 2.47. The molecular formula is C16H19NO2S. The Bertz CT molecular complexity index is 599. The summed E-state index contributed by atoms with van der Waals surface area (Å²) >= 11 is 1.72. The molecule has 0 amide bonds. The molecule has 0 N–H and O–H groups in total. The molecule has 0 fully saturated rings. The fourth-order valence-corrected chi connectivity index (χ4v) is 3.15. The van der Waals surface area contributed by atoms with Crippen LogP contribution in [0, 0.1) is 13.8 Å². The summed E-state index contributed by atoms with van der Waals surface area (Å²) in [6.07, 6.45) is 1.87. The maximum absolute atomic E-state index is 5.44. The number of aryl methyl sites for hydroxylation is 1. The molecule has 1 heterocycles. The molecule has 0 spiro atoms. The summed E-state index contributed by atoms with van der Waals surface area (Å²) in [6, 6.07) is 8.02. The average molecular weight is 289 g/mol. The van der Waals surface area contributed by atoms with Crippen LogP contribution in [0.1, 0.15) is 16.8 Å². The van der Waals surface area contributed by atoms with Crippen LogP contribution in [0.15, 0.2) is 35.4 Å². The summed E-state index contributed by atoms with van der Waals surface area (Å²) in [5, 5.41) is 0. The number of pyridine rings is 1. The second-order valence-electron chi connectivity index (χ2n) is 4.49. The van der Waals surface area contributed by atoms with Crippen molar-refractivity contribution in [3.05, 3.63) is 47.3 Å². The SMILES string of the molecule is COc1ccccc1SCc1ncc(C)c(OC)c1C. The molecule has 4 heteroatoms. The number of aromatic nitrogens is 1. The smallest absolute Gasteiger partial charge is 0.132 e. The normalized spacial score (nSPS) is 10.4. The zero-order valence-electron chi connectivity index (χ0n) is 12.3. The zero-order valence-corrected chi connectivity index (χ0v) is 13.1. The van der Waals surface area contributed by atoms with Gasteiger partial charge in [-0.25, -0.2) is 0 Å². The third-order valence-electron chi connectivity index (χ3n) is 3.18. The van der Waals surface area contributed by atoms with Gasteiger partial charge in [0.15, 0.2) is 0 Å². The number of thioether (sulfide) groups is 1. The fraction of sp³-hybridized carbons (Fsp3) is 0.312. The highest BCUT2D eigenvalue weighted by Crippen LogP contribution is 2.33. The Hall–Kier alpha value is -1.68. The van der Waals surface area contributed by atoms with E-state index in [1.54, 1.807) is 26.0 Å². The van der Waals surface area contributed by atoms with E-state index in [1.165, 1.54) is 0 Å². The van der Waals surface area contributed by atoms with Gasteiger partial charge in [0.2, 0.25) is 0 Å². The minimum absolute atomic E-state index is 0.794. The van der Waals surface area contributed by atoms with Crippen LogP contribution in [0.25, 0.3) is 0 Å². The molecule has 0 aliphatic rings. The molecule has 0 unspecified atom stereocenters. The van der Waals surface area contributed by atoms with Gasteiger partial charge in [-0.2, -0.15) is 0 Å². The third-order valence-corrected chi connectivity index (χ3v) is 4.25. The standard InChI is InChI=1S/C16H19NO2S/c1-11-9-17-13(12(2)16(11)19-4)10-20-15-8-6-5-7-14(15)18-3/h5-9H,10H2,1-4H3. The van der Waals surface area contributed by atoms with Crippen molar-refractivity contribution < 1.29 is 9.47 Å². The van der Waals surface area contributed by atoms with Gasteiger partial charge in [0.25, 0.3) is 0 Å². The van der Waals surface area contributed by atoms with Gasteiger partial charge in [-0.05, 0) is 26.0 Å². The summed E-state index contributed by atoms with van der Waals surface area (Å²) in [5.74, 6) is 2.62. The van der Waals surface area contributed by atoms with Crippen LogP contribution in [0.5, 0.6) is 11.5 Å². The first-order valence-corrected chi connectivity index (χ1v) is 7.40. The number of rotatable bonds is 5. The van der Waals surface area contributed by atoms with Crippen molar-refractivity contribution >= 4 is 11.8 Å². The maximum Gasteiger partial charge on any atom is 0.132 e. The molecule has 1 aromatic heterocycles. The molecular weight excluding hydrogens is 270 g/mol. The van der Waals surface area contributed by atoms with E-state index in [-0.39, 0.29) is 0 Å². The van der Waals surface area contributed by atoms with E-state index >= 15 is 0 Å². The summed E-state index contributed by atoms with van der Waals surface area (Å²) in [6.45, 7) is 4.06. The van der Waals surface area contributed by atoms with Crippen LogP contribution in [0.2, 0.25) is 0 Å². The first-order valence-electron chi connectivity index (χ1n) is 6.42. The Balaban J connectivity index is 2.19. The predicted octanol–water partition coefficient (Wildman–Crippen LogP) is 4.01. The molecule has 0 bridgehead atoms. The predicted molar refractivity (Wildman–Crippen MR) is 82.8 cm³/mol. The maximum atomic E-state index is 5.44. The second-order valence-corrected chi connectivity index (χ2v) is 5.50. The molecule has 0 aliphatic heterocycles. The van der Waals surface area contributed by atoms with Crippen molar-refractivity contribution in [1.82, 2.24) is 4.98 Å². The van der Waals surface area contributed by atoms with Crippen molar-refractivity contribution in [2.24, 2.45) is 0 Å².